The Balaban J connectivity index is 1.40. The molecule has 0 spiro atoms. The van der Waals surface area contributed by atoms with Crippen LogP contribution in [0.25, 0.3) is 0 Å². The molecule has 2 amide bonds. The van der Waals surface area contributed by atoms with Crippen molar-refractivity contribution in [2.75, 3.05) is 25.5 Å². The van der Waals surface area contributed by atoms with E-state index in [1.165, 1.54) is 5.56 Å². The van der Waals surface area contributed by atoms with Gasteiger partial charge in [0.05, 0.1) is 18.4 Å². The highest BCUT2D eigenvalue weighted by Gasteiger charge is 2.26. The second-order valence-electron chi connectivity index (χ2n) is 8.61. The predicted octanol–water partition coefficient (Wildman–Crippen LogP) is 5.25. The lowest BCUT2D eigenvalue weighted by atomic mass is 10.0. The predicted molar refractivity (Wildman–Crippen MR) is 133 cm³/mol. The third-order valence-corrected chi connectivity index (χ3v) is 6.12. The SMILES string of the molecule is COc1ccc(C(=O)Nc2ccccc2C(=O)N2CCC(Oc3cc(C)ccc3C)CC2)cc1. The van der Waals surface area contributed by atoms with Gasteiger partial charge in [-0.25, -0.2) is 0 Å². The summed E-state index contributed by atoms with van der Waals surface area (Å²) in [4.78, 5) is 27.9. The maximum Gasteiger partial charge on any atom is 0.255 e. The molecule has 1 aliphatic rings. The topological polar surface area (TPSA) is 67.9 Å². The Kier molecular flexibility index (Phi) is 7.16. The summed E-state index contributed by atoms with van der Waals surface area (Å²) in [6.45, 7) is 5.31. The summed E-state index contributed by atoms with van der Waals surface area (Å²) in [5, 5.41) is 2.89. The van der Waals surface area contributed by atoms with Crippen molar-refractivity contribution in [1.82, 2.24) is 4.90 Å². The van der Waals surface area contributed by atoms with E-state index in [9.17, 15) is 9.59 Å². The maximum absolute atomic E-state index is 13.3. The molecule has 6 heteroatoms. The number of nitrogens with zero attached hydrogens (tertiary/aromatic N) is 1. The van der Waals surface area contributed by atoms with Gasteiger partial charge >= 0.3 is 0 Å². The first-order chi connectivity index (χ1) is 16.4. The van der Waals surface area contributed by atoms with E-state index in [-0.39, 0.29) is 17.9 Å². The molecule has 0 bridgehead atoms. The molecule has 1 aliphatic heterocycles. The number of aryl methyl sites for hydroxylation is 2. The van der Waals surface area contributed by atoms with Crippen LogP contribution in [-0.2, 0) is 0 Å². The van der Waals surface area contributed by atoms with Crippen LogP contribution in [0.15, 0.2) is 66.7 Å². The monoisotopic (exact) mass is 458 g/mol. The van der Waals surface area contributed by atoms with E-state index in [1.807, 2.05) is 24.0 Å². The van der Waals surface area contributed by atoms with Gasteiger partial charge in [0.15, 0.2) is 0 Å². The molecular formula is C28H30N2O4. The Hall–Kier alpha value is -3.80. The molecule has 1 heterocycles. The molecule has 1 N–H and O–H groups in total. The summed E-state index contributed by atoms with van der Waals surface area (Å²) in [5.41, 5.74) is 3.76. The molecule has 4 rings (SSSR count). The van der Waals surface area contributed by atoms with Crippen molar-refractivity contribution >= 4 is 17.5 Å². The Bertz CT molecular complexity index is 1170. The summed E-state index contributed by atoms with van der Waals surface area (Å²) in [6.07, 6.45) is 1.61. The number of hydrogen-bond donors (Lipinski definition) is 1. The average molecular weight is 459 g/mol. The summed E-state index contributed by atoms with van der Waals surface area (Å²) >= 11 is 0. The number of piperidine rings is 1. The fraction of sp³-hybridized carbons (Fsp3) is 0.286. The minimum atomic E-state index is -0.275. The Labute approximate surface area is 200 Å². The van der Waals surface area contributed by atoms with Gasteiger partial charge in [0.2, 0.25) is 0 Å². The number of carbonyl (C=O) groups excluding carboxylic acids is 2. The number of benzene rings is 3. The fourth-order valence-electron chi connectivity index (χ4n) is 4.08. The molecule has 3 aromatic rings. The van der Waals surface area contributed by atoms with Crippen molar-refractivity contribution in [3.63, 3.8) is 0 Å². The van der Waals surface area contributed by atoms with Gasteiger partial charge in [-0.1, -0.05) is 24.3 Å². The quantitative estimate of drug-likeness (QED) is 0.548. The number of likely N-dealkylation sites (tertiary alicyclic amines) is 1. The molecule has 0 atom stereocenters. The van der Waals surface area contributed by atoms with E-state index >= 15 is 0 Å². The molecule has 34 heavy (non-hydrogen) atoms. The first-order valence-corrected chi connectivity index (χ1v) is 11.5. The van der Waals surface area contributed by atoms with Crippen LogP contribution in [0, 0.1) is 13.8 Å². The van der Waals surface area contributed by atoms with Crippen LogP contribution in [0.2, 0.25) is 0 Å². The van der Waals surface area contributed by atoms with Crippen LogP contribution in [0.5, 0.6) is 11.5 Å². The zero-order valence-electron chi connectivity index (χ0n) is 19.8. The number of carbonyl (C=O) groups is 2. The number of rotatable bonds is 6. The van der Waals surface area contributed by atoms with Crippen molar-refractivity contribution in [3.8, 4) is 11.5 Å². The number of ether oxygens (including phenoxy) is 2. The van der Waals surface area contributed by atoms with Gasteiger partial charge in [0.1, 0.15) is 17.6 Å². The average Bonchev–Trinajstić information content (AvgIpc) is 2.86. The molecule has 1 fully saturated rings. The normalized spacial score (nSPS) is 13.9. The smallest absolute Gasteiger partial charge is 0.255 e. The molecule has 0 unspecified atom stereocenters. The molecule has 0 saturated carbocycles. The van der Waals surface area contributed by atoms with Crippen LogP contribution in [-0.4, -0.2) is 43.0 Å². The summed E-state index contributed by atoms with van der Waals surface area (Å²) in [5.74, 6) is 1.23. The minimum Gasteiger partial charge on any atom is -0.497 e. The van der Waals surface area contributed by atoms with Gasteiger partial charge in [-0.05, 0) is 67.4 Å². The van der Waals surface area contributed by atoms with Gasteiger partial charge in [-0.3, -0.25) is 9.59 Å². The van der Waals surface area contributed by atoms with Crippen molar-refractivity contribution in [1.29, 1.82) is 0 Å². The molecular weight excluding hydrogens is 428 g/mol. The zero-order chi connectivity index (χ0) is 24.1. The third-order valence-electron chi connectivity index (χ3n) is 6.12. The molecule has 0 aliphatic carbocycles. The highest BCUT2D eigenvalue weighted by atomic mass is 16.5. The summed E-state index contributed by atoms with van der Waals surface area (Å²) in [7, 11) is 1.58. The maximum atomic E-state index is 13.3. The van der Waals surface area contributed by atoms with E-state index in [0.717, 1.165) is 24.2 Å². The summed E-state index contributed by atoms with van der Waals surface area (Å²) in [6, 6.07) is 20.2. The Morgan fingerprint density at radius 1 is 0.941 bits per heavy atom. The van der Waals surface area contributed by atoms with Crippen LogP contribution in [0.4, 0.5) is 5.69 Å². The number of methoxy groups -OCH3 is 1. The van der Waals surface area contributed by atoms with Crippen LogP contribution < -0.4 is 14.8 Å². The molecule has 3 aromatic carbocycles. The fourth-order valence-corrected chi connectivity index (χ4v) is 4.08. The lowest BCUT2D eigenvalue weighted by Crippen LogP contribution is -2.42. The number of hydrogen-bond acceptors (Lipinski definition) is 4. The van der Waals surface area contributed by atoms with E-state index in [1.54, 1.807) is 43.5 Å². The Morgan fingerprint density at radius 2 is 1.65 bits per heavy atom. The second-order valence-corrected chi connectivity index (χ2v) is 8.61. The van der Waals surface area contributed by atoms with Crippen molar-refractivity contribution in [2.24, 2.45) is 0 Å². The molecule has 1 saturated heterocycles. The van der Waals surface area contributed by atoms with E-state index in [2.05, 4.69) is 30.4 Å². The molecule has 0 aromatic heterocycles. The van der Waals surface area contributed by atoms with Gasteiger partial charge in [0, 0.05) is 31.5 Å². The van der Waals surface area contributed by atoms with Crippen LogP contribution in [0.3, 0.4) is 0 Å². The first-order valence-electron chi connectivity index (χ1n) is 11.5. The molecule has 6 nitrogen and oxygen atoms in total. The van der Waals surface area contributed by atoms with Crippen molar-refractivity contribution < 1.29 is 19.1 Å². The van der Waals surface area contributed by atoms with Gasteiger partial charge < -0.3 is 19.7 Å². The number of para-hydroxylation sites is 1. The lowest BCUT2D eigenvalue weighted by Gasteiger charge is -2.33. The number of anilines is 1. The summed E-state index contributed by atoms with van der Waals surface area (Å²) < 4.78 is 11.4. The first kappa shape index (κ1) is 23.4. The highest BCUT2D eigenvalue weighted by Crippen LogP contribution is 2.26. The van der Waals surface area contributed by atoms with Gasteiger partial charge in [-0.2, -0.15) is 0 Å². The van der Waals surface area contributed by atoms with Crippen LogP contribution in [0.1, 0.15) is 44.7 Å². The van der Waals surface area contributed by atoms with Crippen LogP contribution >= 0.6 is 0 Å². The standard InChI is InChI=1S/C28H30N2O4/c1-19-8-9-20(2)26(18-19)34-23-14-16-30(17-15-23)28(32)24-6-4-5-7-25(24)29-27(31)21-10-12-22(33-3)13-11-21/h4-13,18,23H,14-17H2,1-3H3,(H,29,31). The molecule has 0 radical (unpaired) electrons. The van der Waals surface area contributed by atoms with Gasteiger partial charge in [-0.15, -0.1) is 0 Å². The van der Waals surface area contributed by atoms with E-state index in [4.69, 9.17) is 9.47 Å². The zero-order valence-corrected chi connectivity index (χ0v) is 19.8. The van der Waals surface area contributed by atoms with E-state index in [0.29, 0.717) is 35.7 Å². The van der Waals surface area contributed by atoms with Gasteiger partial charge in [0.25, 0.3) is 11.8 Å². The molecule has 176 valence electrons. The minimum absolute atomic E-state index is 0.0783. The number of amides is 2. The second kappa shape index (κ2) is 10.4. The highest BCUT2D eigenvalue weighted by molar-refractivity contribution is 6.09. The Morgan fingerprint density at radius 3 is 2.35 bits per heavy atom. The van der Waals surface area contributed by atoms with E-state index < -0.39 is 0 Å². The van der Waals surface area contributed by atoms with Crippen molar-refractivity contribution in [3.05, 3.63) is 89.0 Å². The lowest BCUT2D eigenvalue weighted by molar-refractivity contribution is 0.0595. The third kappa shape index (κ3) is 5.39. The number of nitrogens with one attached hydrogen (secondary N) is 1. The largest absolute Gasteiger partial charge is 0.497 e. The van der Waals surface area contributed by atoms with Crippen molar-refractivity contribution in [2.45, 2.75) is 32.8 Å².